The van der Waals surface area contributed by atoms with E-state index in [-0.39, 0.29) is 0 Å². The topological polar surface area (TPSA) is 99.9 Å². The van der Waals surface area contributed by atoms with Crippen LogP contribution in [0.15, 0.2) is 24.6 Å². The van der Waals surface area contributed by atoms with Crippen LogP contribution in [0, 0.1) is 0 Å². The Bertz CT molecular complexity index is 466. The van der Waals surface area contributed by atoms with E-state index in [1.54, 1.807) is 7.11 Å². The molecule has 2 atom stereocenters. The van der Waals surface area contributed by atoms with Gasteiger partial charge in [0.15, 0.2) is 0 Å². The first-order valence-corrected chi connectivity index (χ1v) is 14.1. The molecule has 0 aliphatic rings. The van der Waals surface area contributed by atoms with Crippen molar-refractivity contribution < 1.29 is 35.7 Å². The predicted molar refractivity (Wildman–Crippen MR) is 109 cm³/mol. The zero-order chi connectivity index (χ0) is 21.2. The van der Waals surface area contributed by atoms with Crippen LogP contribution < -0.4 is 5.73 Å². The average Bonchev–Trinajstić information content (AvgIpc) is 2.68. The van der Waals surface area contributed by atoms with E-state index in [1.807, 2.05) is 13.8 Å². The van der Waals surface area contributed by atoms with E-state index in [1.165, 1.54) is 39.8 Å². The van der Waals surface area contributed by atoms with Crippen molar-refractivity contribution in [3.63, 3.8) is 0 Å². The Morgan fingerprint density at radius 2 is 1.41 bits per heavy atom. The standard InChI is InChI=1S/C15H35NO8Si3/c1-10-26(19-7,20-8)24-27(11-2,21-9)22-15(3,4)25(18-6,23-17-5)14-12-13-16/h10-11H,1-2,12-14,16H2,3-9H3. The maximum absolute atomic E-state index is 6.39. The van der Waals surface area contributed by atoms with E-state index >= 15 is 0 Å². The number of hydrogen-bond acceptors (Lipinski definition) is 9. The summed E-state index contributed by atoms with van der Waals surface area (Å²) in [6.07, 6.45) is 0.675. The Balaban J connectivity index is 5.97. The van der Waals surface area contributed by atoms with Crippen molar-refractivity contribution in [3.05, 3.63) is 24.6 Å². The van der Waals surface area contributed by atoms with E-state index in [2.05, 4.69) is 13.2 Å². The highest BCUT2D eigenvalue weighted by molar-refractivity contribution is 6.81. The molecule has 2 unspecified atom stereocenters. The van der Waals surface area contributed by atoms with Crippen LogP contribution in [0.1, 0.15) is 20.3 Å². The van der Waals surface area contributed by atoms with E-state index in [0.717, 1.165) is 0 Å². The third-order valence-electron chi connectivity index (χ3n) is 4.21. The summed E-state index contributed by atoms with van der Waals surface area (Å²) in [4.78, 5) is 4.99. The molecule has 0 aliphatic heterocycles. The molecule has 0 heterocycles. The fraction of sp³-hybridized carbons (Fsp3) is 0.733. The SMILES string of the molecule is C=C[Si](OC)(OC)O[Si](C=C)(OC)OC(C)(C)[Si](CCCN)(OC)OOC. The highest BCUT2D eigenvalue weighted by Gasteiger charge is 2.60. The van der Waals surface area contributed by atoms with Crippen LogP contribution >= 0.6 is 0 Å². The Morgan fingerprint density at radius 1 is 0.889 bits per heavy atom. The summed E-state index contributed by atoms with van der Waals surface area (Å²) in [6.45, 7) is 11.7. The largest absolute Gasteiger partial charge is 0.522 e. The second-order valence-corrected chi connectivity index (χ2v) is 15.3. The monoisotopic (exact) mass is 441 g/mol. The Morgan fingerprint density at radius 3 is 1.74 bits per heavy atom. The molecule has 0 aromatic carbocycles. The van der Waals surface area contributed by atoms with E-state index < -0.39 is 31.4 Å². The van der Waals surface area contributed by atoms with Gasteiger partial charge in [-0.3, -0.25) is 0 Å². The van der Waals surface area contributed by atoms with Crippen LogP contribution in [-0.2, 0) is 35.7 Å². The Labute approximate surface area is 166 Å². The number of hydrogen-bond donors (Lipinski definition) is 1. The summed E-state index contributed by atoms with van der Waals surface area (Å²) in [6, 6.07) is 0.546. The van der Waals surface area contributed by atoms with Crippen LogP contribution in [0.4, 0.5) is 0 Å². The molecule has 0 spiro atoms. The first kappa shape index (κ1) is 26.8. The second-order valence-electron chi connectivity index (χ2n) is 6.04. The molecule has 0 bridgehead atoms. The maximum Gasteiger partial charge on any atom is 0.522 e. The fourth-order valence-electron chi connectivity index (χ4n) is 2.57. The van der Waals surface area contributed by atoms with Gasteiger partial charge in [0.25, 0.3) is 0 Å². The summed E-state index contributed by atoms with van der Waals surface area (Å²) in [5.41, 5.74) is 8.68. The summed E-state index contributed by atoms with van der Waals surface area (Å²) in [5.74, 6) is 0. The molecular weight excluding hydrogens is 406 g/mol. The zero-order valence-corrected chi connectivity index (χ0v) is 20.5. The molecule has 0 rings (SSSR count). The maximum atomic E-state index is 6.39. The van der Waals surface area contributed by atoms with Gasteiger partial charge in [-0.25, -0.2) is 9.46 Å². The minimum atomic E-state index is -3.48. The summed E-state index contributed by atoms with van der Waals surface area (Å²) >= 11 is 0. The Kier molecular flexibility index (Phi) is 11.6. The van der Waals surface area contributed by atoms with Crippen LogP contribution in [0.25, 0.3) is 0 Å². The minimum Gasteiger partial charge on any atom is -0.395 e. The van der Waals surface area contributed by atoms with Crippen LogP contribution in [0.5, 0.6) is 0 Å². The van der Waals surface area contributed by atoms with Crippen LogP contribution in [0.2, 0.25) is 6.04 Å². The molecule has 0 aromatic rings. The van der Waals surface area contributed by atoms with E-state index in [9.17, 15) is 0 Å². The highest BCUT2D eigenvalue weighted by atomic mass is 28.5. The lowest BCUT2D eigenvalue weighted by Crippen LogP contribution is -2.67. The van der Waals surface area contributed by atoms with Gasteiger partial charge in [-0.15, -0.1) is 0 Å². The normalized spacial score (nSPS) is 17.2. The van der Waals surface area contributed by atoms with Crippen molar-refractivity contribution in [1.82, 2.24) is 0 Å². The molecule has 0 saturated heterocycles. The molecule has 9 nitrogen and oxygen atoms in total. The molecule has 27 heavy (non-hydrogen) atoms. The van der Waals surface area contributed by atoms with Crippen molar-refractivity contribution in [2.75, 3.05) is 42.1 Å². The van der Waals surface area contributed by atoms with Gasteiger partial charge >= 0.3 is 26.2 Å². The molecule has 0 fully saturated rings. The van der Waals surface area contributed by atoms with Crippen molar-refractivity contribution >= 4 is 26.2 Å². The lowest BCUT2D eigenvalue weighted by atomic mass is 10.5. The molecule has 0 saturated carbocycles. The first-order valence-electron chi connectivity index (χ1n) is 8.45. The third-order valence-corrected chi connectivity index (χ3v) is 14.2. The zero-order valence-electron chi connectivity index (χ0n) is 17.5. The quantitative estimate of drug-likeness (QED) is 0.217. The third kappa shape index (κ3) is 6.38. The summed E-state index contributed by atoms with van der Waals surface area (Å²) < 4.78 is 40.5. The minimum absolute atomic E-state index is 0.478. The van der Waals surface area contributed by atoms with Gasteiger partial charge in [0.1, 0.15) is 5.22 Å². The van der Waals surface area contributed by atoms with Crippen LogP contribution in [-0.4, -0.2) is 73.5 Å². The molecule has 0 radical (unpaired) electrons. The molecule has 0 aromatic heterocycles. The highest BCUT2D eigenvalue weighted by Crippen LogP contribution is 2.35. The van der Waals surface area contributed by atoms with Crippen molar-refractivity contribution in [3.8, 4) is 0 Å². The van der Waals surface area contributed by atoms with Gasteiger partial charge in [-0.2, -0.15) is 0 Å². The predicted octanol–water partition coefficient (Wildman–Crippen LogP) is 1.62. The molecule has 2 N–H and O–H groups in total. The first-order chi connectivity index (χ1) is 12.6. The number of nitrogens with two attached hydrogens (primary N) is 1. The Hall–Kier alpha value is -0.229. The summed E-state index contributed by atoms with van der Waals surface area (Å²) in [5, 5.41) is -0.952. The van der Waals surface area contributed by atoms with Gasteiger partial charge in [-0.05, 0) is 44.3 Å². The molecule has 12 heteroatoms. The molecular formula is C15H35NO8Si3. The smallest absolute Gasteiger partial charge is 0.395 e. The van der Waals surface area contributed by atoms with Gasteiger partial charge in [0, 0.05) is 28.4 Å². The van der Waals surface area contributed by atoms with E-state index in [0.29, 0.717) is 19.0 Å². The lowest BCUT2D eigenvalue weighted by molar-refractivity contribution is -0.217. The molecule has 0 aliphatic carbocycles. The summed E-state index contributed by atoms with van der Waals surface area (Å²) in [7, 11) is -2.34. The van der Waals surface area contributed by atoms with Crippen molar-refractivity contribution in [1.29, 1.82) is 0 Å². The van der Waals surface area contributed by atoms with E-state index in [4.69, 9.17) is 41.4 Å². The fourth-order valence-corrected chi connectivity index (χ4v) is 11.2. The lowest BCUT2D eigenvalue weighted by Gasteiger charge is -2.44. The van der Waals surface area contributed by atoms with Gasteiger partial charge in [0.05, 0.1) is 7.11 Å². The number of rotatable bonds is 16. The second kappa shape index (κ2) is 11.7. The van der Waals surface area contributed by atoms with Gasteiger partial charge in [0.2, 0.25) is 0 Å². The van der Waals surface area contributed by atoms with Crippen molar-refractivity contribution in [2.45, 2.75) is 31.5 Å². The van der Waals surface area contributed by atoms with Gasteiger partial charge < -0.3 is 32.0 Å². The molecule has 0 amide bonds. The molecule has 160 valence electrons. The van der Waals surface area contributed by atoms with Crippen LogP contribution in [0.3, 0.4) is 0 Å². The average molecular weight is 442 g/mol. The van der Waals surface area contributed by atoms with Gasteiger partial charge in [-0.1, -0.05) is 13.2 Å². The van der Waals surface area contributed by atoms with Crippen molar-refractivity contribution in [2.24, 2.45) is 5.73 Å².